The van der Waals surface area contributed by atoms with E-state index in [0.717, 1.165) is 0 Å². The molecule has 0 aromatic heterocycles. The highest BCUT2D eigenvalue weighted by atomic mass is 16.6. The maximum absolute atomic E-state index is 12.5. The summed E-state index contributed by atoms with van der Waals surface area (Å²) in [6.07, 6.45) is 0.897. The van der Waals surface area contributed by atoms with Crippen LogP contribution in [-0.4, -0.2) is 32.1 Å². The first-order valence-corrected chi connectivity index (χ1v) is 7.98. The van der Waals surface area contributed by atoms with Crippen LogP contribution in [-0.2, 0) is 9.53 Å². The highest BCUT2D eigenvalue weighted by Crippen LogP contribution is 2.35. The van der Waals surface area contributed by atoms with Gasteiger partial charge in [-0.15, -0.1) is 0 Å². The van der Waals surface area contributed by atoms with Gasteiger partial charge in [0.05, 0.1) is 19.8 Å². The van der Waals surface area contributed by atoms with Crippen LogP contribution in [0.15, 0.2) is 48.2 Å². The van der Waals surface area contributed by atoms with Crippen molar-refractivity contribution in [2.75, 3.05) is 14.2 Å². The standard InChI is InChI=1S/C20H18O6/c1-12(20(22)24-3)25-15-6-4-5-13(9-15)10-18-19(21)16-8-7-14(23-2)11-17(16)26-18/h4-12H,1-3H3/b18-10-/t12-/m1/s1. The first-order valence-electron chi connectivity index (χ1n) is 7.98. The molecule has 2 aromatic rings. The topological polar surface area (TPSA) is 71.1 Å². The van der Waals surface area contributed by atoms with Gasteiger partial charge >= 0.3 is 5.97 Å². The number of hydrogen-bond donors (Lipinski definition) is 0. The Bertz CT molecular complexity index is 884. The fourth-order valence-corrected chi connectivity index (χ4v) is 2.54. The quantitative estimate of drug-likeness (QED) is 0.606. The highest BCUT2D eigenvalue weighted by Gasteiger charge is 2.27. The van der Waals surface area contributed by atoms with Crippen molar-refractivity contribution in [3.63, 3.8) is 0 Å². The molecular formula is C20H18O6. The molecule has 0 saturated heterocycles. The normalized spacial score (nSPS) is 15.2. The molecule has 3 rings (SSSR count). The Morgan fingerprint density at radius 3 is 2.65 bits per heavy atom. The lowest BCUT2D eigenvalue weighted by Gasteiger charge is -2.12. The smallest absolute Gasteiger partial charge is 0.346 e. The minimum absolute atomic E-state index is 0.197. The van der Waals surface area contributed by atoms with Gasteiger partial charge in [-0.3, -0.25) is 4.79 Å². The van der Waals surface area contributed by atoms with Crippen LogP contribution in [0.5, 0.6) is 17.2 Å². The molecule has 6 heteroatoms. The molecule has 26 heavy (non-hydrogen) atoms. The molecule has 0 saturated carbocycles. The molecule has 0 amide bonds. The van der Waals surface area contributed by atoms with E-state index in [9.17, 15) is 9.59 Å². The van der Waals surface area contributed by atoms with Crippen molar-refractivity contribution in [2.24, 2.45) is 0 Å². The molecule has 2 aromatic carbocycles. The van der Waals surface area contributed by atoms with Crippen LogP contribution < -0.4 is 14.2 Å². The number of hydrogen-bond acceptors (Lipinski definition) is 6. The predicted molar refractivity (Wildman–Crippen MR) is 94.5 cm³/mol. The van der Waals surface area contributed by atoms with E-state index in [0.29, 0.717) is 28.4 Å². The number of allylic oxidation sites excluding steroid dienone is 1. The van der Waals surface area contributed by atoms with Crippen molar-refractivity contribution in [1.82, 2.24) is 0 Å². The van der Waals surface area contributed by atoms with E-state index < -0.39 is 12.1 Å². The summed E-state index contributed by atoms with van der Waals surface area (Å²) >= 11 is 0. The number of carbonyl (C=O) groups is 2. The molecule has 1 heterocycles. The summed E-state index contributed by atoms with van der Waals surface area (Å²) < 4.78 is 21.0. The summed E-state index contributed by atoms with van der Waals surface area (Å²) in [5, 5.41) is 0. The maximum Gasteiger partial charge on any atom is 0.346 e. The fraction of sp³-hybridized carbons (Fsp3) is 0.200. The zero-order chi connectivity index (χ0) is 18.7. The van der Waals surface area contributed by atoms with E-state index in [1.807, 2.05) is 6.07 Å². The number of ether oxygens (including phenoxy) is 4. The molecular weight excluding hydrogens is 336 g/mol. The van der Waals surface area contributed by atoms with Gasteiger partial charge in [0.2, 0.25) is 5.78 Å². The van der Waals surface area contributed by atoms with Crippen LogP contribution in [0.4, 0.5) is 0 Å². The Kier molecular flexibility index (Phi) is 4.93. The maximum atomic E-state index is 12.5. The van der Waals surface area contributed by atoms with Gasteiger partial charge in [0.15, 0.2) is 11.9 Å². The average molecular weight is 354 g/mol. The van der Waals surface area contributed by atoms with E-state index >= 15 is 0 Å². The van der Waals surface area contributed by atoms with Gasteiger partial charge in [-0.25, -0.2) is 4.79 Å². The van der Waals surface area contributed by atoms with Crippen molar-refractivity contribution in [1.29, 1.82) is 0 Å². The number of rotatable bonds is 5. The first-order chi connectivity index (χ1) is 12.5. The van der Waals surface area contributed by atoms with Crippen molar-refractivity contribution >= 4 is 17.8 Å². The molecule has 1 aliphatic rings. The van der Waals surface area contributed by atoms with Crippen molar-refractivity contribution < 1.29 is 28.5 Å². The number of esters is 1. The SMILES string of the molecule is COC(=O)[C@@H](C)Oc1cccc(/C=C2\Oc3cc(OC)ccc3C2=O)c1. The lowest BCUT2D eigenvalue weighted by molar-refractivity contribution is -0.147. The minimum atomic E-state index is -0.732. The Morgan fingerprint density at radius 2 is 1.92 bits per heavy atom. The molecule has 0 N–H and O–H groups in total. The summed E-state index contributed by atoms with van der Waals surface area (Å²) in [5.41, 5.74) is 1.20. The van der Waals surface area contributed by atoms with Gasteiger partial charge in [-0.1, -0.05) is 12.1 Å². The number of benzene rings is 2. The number of fused-ring (bicyclic) bond motifs is 1. The largest absolute Gasteiger partial charge is 0.497 e. The van der Waals surface area contributed by atoms with Crippen molar-refractivity contribution in [3.8, 4) is 17.2 Å². The second kappa shape index (κ2) is 7.31. The number of Topliss-reactive ketones (excluding diaryl/α,β-unsaturated/α-hetero) is 1. The summed E-state index contributed by atoms with van der Waals surface area (Å²) in [4.78, 5) is 23.9. The van der Waals surface area contributed by atoms with E-state index in [1.54, 1.807) is 56.5 Å². The van der Waals surface area contributed by atoms with Crippen LogP contribution in [0.1, 0.15) is 22.8 Å². The Hall–Kier alpha value is -3.28. The molecule has 0 radical (unpaired) electrons. The van der Waals surface area contributed by atoms with Gasteiger partial charge in [0, 0.05) is 6.07 Å². The fourth-order valence-electron chi connectivity index (χ4n) is 2.54. The third-order valence-corrected chi connectivity index (χ3v) is 3.88. The lowest BCUT2D eigenvalue weighted by Crippen LogP contribution is -2.24. The monoisotopic (exact) mass is 354 g/mol. The minimum Gasteiger partial charge on any atom is -0.497 e. The second-order valence-corrected chi connectivity index (χ2v) is 5.66. The van der Waals surface area contributed by atoms with E-state index in [1.165, 1.54) is 7.11 Å². The van der Waals surface area contributed by atoms with Crippen LogP contribution in [0.2, 0.25) is 0 Å². The predicted octanol–water partition coefficient (Wildman–Crippen LogP) is 3.25. The van der Waals surface area contributed by atoms with Crippen LogP contribution in [0, 0.1) is 0 Å². The summed E-state index contributed by atoms with van der Waals surface area (Å²) in [7, 11) is 2.86. The van der Waals surface area contributed by atoms with E-state index in [4.69, 9.17) is 14.2 Å². The molecule has 0 fully saturated rings. The lowest BCUT2D eigenvalue weighted by atomic mass is 10.1. The van der Waals surface area contributed by atoms with Gasteiger partial charge in [-0.05, 0) is 42.8 Å². The molecule has 0 bridgehead atoms. The average Bonchev–Trinajstić information content (AvgIpc) is 2.96. The van der Waals surface area contributed by atoms with Crippen LogP contribution >= 0.6 is 0 Å². The number of carbonyl (C=O) groups excluding carboxylic acids is 2. The third kappa shape index (κ3) is 3.54. The van der Waals surface area contributed by atoms with Gasteiger partial charge < -0.3 is 18.9 Å². The van der Waals surface area contributed by atoms with Gasteiger partial charge in [0.25, 0.3) is 0 Å². The Labute approximate surface area is 150 Å². The molecule has 1 atom stereocenters. The zero-order valence-corrected chi connectivity index (χ0v) is 14.6. The molecule has 6 nitrogen and oxygen atoms in total. The molecule has 1 aliphatic heterocycles. The van der Waals surface area contributed by atoms with Gasteiger partial charge in [-0.2, -0.15) is 0 Å². The first kappa shape index (κ1) is 17.5. The summed E-state index contributed by atoms with van der Waals surface area (Å²) in [5.74, 6) is 1.12. The van der Waals surface area contributed by atoms with Crippen LogP contribution in [0.3, 0.4) is 0 Å². The Morgan fingerprint density at radius 1 is 1.12 bits per heavy atom. The number of methoxy groups -OCH3 is 2. The molecule has 0 aliphatic carbocycles. The summed E-state index contributed by atoms with van der Waals surface area (Å²) in [6, 6.07) is 12.1. The highest BCUT2D eigenvalue weighted by molar-refractivity contribution is 6.14. The second-order valence-electron chi connectivity index (χ2n) is 5.66. The number of ketones is 1. The van der Waals surface area contributed by atoms with E-state index in [-0.39, 0.29) is 11.5 Å². The molecule has 0 unspecified atom stereocenters. The molecule has 0 spiro atoms. The molecule has 134 valence electrons. The third-order valence-electron chi connectivity index (χ3n) is 3.88. The van der Waals surface area contributed by atoms with Crippen LogP contribution in [0.25, 0.3) is 6.08 Å². The van der Waals surface area contributed by atoms with Crippen molar-refractivity contribution in [3.05, 3.63) is 59.4 Å². The van der Waals surface area contributed by atoms with E-state index in [2.05, 4.69) is 4.74 Å². The summed E-state index contributed by atoms with van der Waals surface area (Å²) in [6.45, 7) is 1.60. The Balaban J connectivity index is 1.81. The van der Waals surface area contributed by atoms with Crippen molar-refractivity contribution in [2.45, 2.75) is 13.0 Å². The zero-order valence-electron chi connectivity index (χ0n) is 14.6. The van der Waals surface area contributed by atoms with Gasteiger partial charge in [0.1, 0.15) is 17.2 Å².